The fourth-order valence-corrected chi connectivity index (χ4v) is 6.55. The second-order valence-electron chi connectivity index (χ2n) is 4.57. The van der Waals surface area contributed by atoms with Crippen LogP contribution in [0.25, 0.3) is 0 Å². The highest BCUT2D eigenvalue weighted by atomic mass is 35.5. The molecule has 2 aliphatic rings. The summed E-state index contributed by atoms with van der Waals surface area (Å²) in [6.45, 7) is 0. The average Bonchev–Trinajstić information content (AvgIpc) is 2.72. The highest BCUT2D eigenvalue weighted by molar-refractivity contribution is 6.54. The summed E-state index contributed by atoms with van der Waals surface area (Å²) in [5.41, 5.74) is 1.15. The van der Waals surface area contributed by atoms with Crippen molar-refractivity contribution in [3.8, 4) is 0 Å². The molecule has 0 saturated heterocycles. The van der Waals surface area contributed by atoms with Gasteiger partial charge in [0.1, 0.15) is 14.0 Å². The Hall–Kier alpha value is 2.06. The van der Waals surface area contributed by atoms with E-state index in [1.165, 1.54) is 5.54 Å². The highest BCUT2D eigenvalue weighted by Gasteiger charge is 2.72. The number of hydrogen-bond acceptors (Lipinski definition) is 0. The molecule has 2 bridgehead atoms. The Bertz CT molecular complexity index is 366. The summed E-state index contributed by atoms with van der Waals surface area (Å²) in [5.74, 6) is -0.463. The van der Waals surface area contributed by atoms with Gasteiger partial charge < -0.3 is 0 Å². The van der Waals surface area contributed by atoms with Crippen molar-refractivity contribution in [2.45, 2.75) is 25.8 Å². The fourth-order valence-electron chi connectivity index (χ4n) is 3.12. The van der Waals surface area contributed by atoms with Crippen LogP contribution in [0.5, 0.6) is 0 Å². The molecule has 104 valence electrons. The Morgan fingerprint density at radius 1 is 1.11 bits per heavy atom. The maximum absolute atomic E-state index is 6.33. The number of allylic oxidation sites excluding steroid dienone is 1. The zero-order valence-electron chi connectivity index (χ0n) is 8.69. The second-order valence-corrected chi connectivity index (χ2v) is 8.90. The van der Waals surface area contributed by atoms with Crippen molar-refractivity contribution in [3.63, 3.8) is 0 Å². The van der Waals surface area contributed by atoms with Crippen LogP contribution in [0.3, 0.4) is 0 Å². The fraction of sp³-hybridized carbons (Fsp3) is 0.800. The van der Waals surface area contributed by atoms with Gasteiger partial charge in [-0.3, -0.25) is 0 Å². The van der Waals surface area contributed by atoms with Gasteiger partial charge in [0.05, 0.1) is 10.8 Å². The van der Waals surface area contributed by atoms with Gasteiger partial charge in [0.25, 0.3) is 0 Å². The lowest BCUT2D eigenvalue weighted by molar-refractivity contribution is 0.268. The first-order valence-corrected chi connectivity index (χ1v) is 8.48. The molecule has 0 aromatic carbocycles. The molecule has 3 atom stereocenters. The van der Waals surface area contributed by atoms with E-state index in [0.717, 1.165) is 0 Å². The SMILES string of the molecule is Cl/C=C1\C2C[C@@H]([C@@H](Cl)C2(Cl)Cl)C1(C(Cl)Cl)C(Cl)Cl. The van der Waals surface area contributed by atoms with Crippen LogP contribution in [-0.4, -0.2) is 19.4 Å². The van der Waals surface area contributed by atoms with Gasteiger partial charge in [0, 0.05) is 11.5 Å². The van der Waals surface area contributed by atoms with Gasteiger partial charge >= 0.3 is 0 Å². The third-order valence-electron chi connectivity index (χ3n) is 4.00. The van der Waals surface area contributed by atoms with Crippen LogP contribution in [-0.2, 0) is 0 Å². The van der Waals surface area contributed by atoms with Crippen molar-refractivity contribution in [2.24, 2.45) is 17.3 Å². The molecule has 0 heterocycles. The lowest BCUT2D eigenvalue weighted by atomic mass is 9.72. The number of halogens is 8. The number of rotatable bonds is 2. The molecule has 0 spiro atoms. The first kappa shape index (κ1) is 16.4. The topological polar surface area (TPSA) is 0 Å². The zero-order valence-corrected chi connectivity index (χ0v) is 14.7. The van der Waals surface area contributed by atoms with Crippen LogP contribution >= 0.6 is 92.8 Å². The molecular formula is C10H8Cl8. The molecule has 8 heteroatoms. The molecule has 2 rings (SSSR count). The van der Waals surface area contributed by atoms with Crippen molar-refractivity contribution in [3.05, 3.63) is 11.1 Å². The van der Waals surface area contributed by atoms with Crippen molar-refractivity contribution >= 4 is 92.8 Å². The van der Waals surface area contributed by atoms with Crippen LogP contribution in [0.4, 0.5) is 0 Å². The van der Waals surface area contributed by atoms with Crippen molar-refractivity contribution < 1.29 is 0 Å². The van der Waals surface area contributed by atoms with Crippen LogP contribution in [0.2, 0.25) is 0 Å². The maximum atomic E-state index is 6.33. The molecule has 0 amide bonds. The van der Waals surface area contributed by atoms with E-state index in [4.69, 9.17) is 92.8 Å². The van der Waals surface area contributed by atoms with Gasteiger partial charge in [0.15, 0.2) is 0 Å². The van der Waals surface area contributed by atoms with Crippen LogP contribution < -0.4 is 0 Å². The largest absolute Gasteiger partial charge is 0.141 e. The van der Waals surface area contributed by atoms with Gasteiger partial charge in [-0.1, -0.05) is 34.8 Å². The summed E-state index contributed by atoms with van der Waals surface area (Å²) >= 11 is 49.2. The van der Waals surface area contributed by atoms with Crippen molar-refractivity contribution in [1.82, 2.24) is 0 Å². The Morgan fingerprint density at radius 3 is 2.00 bits per heavy atom. The minimum absolute atomic E-state index is 0.218. The van der Waals surface area contributed by atoms with Gasteiger partial charge in [-0.2, -0.15) is 0 Å². The maximum Gasteiger partial charge on any atom is 0.141 e. The molecule has 0 nitrogen and oxygen atoms in total. The first-order valence-electron chi connectivity index (χ1n) is 5.11. The van der Waals surface area contributed by atoms with Crippen molar-refractivity contribution in [1.29, 1.82) is 0 Å². The van der Waals surface area contributed by atoms with Crippen LogP contribution in [0.1, 0.15) is 6.42 Å². The number of hydrogen-bond donors (Lipinski definition) is 0. The van der Waals surface area contributed by atoms with E-state index in [1.54, 1.807) is 0 Å². The predicted octanol–water partition coefficient (Wildman–Crippen LogP) is 6.13. The Morgan fingerprint density at radius 2 is 1.61 bits per heavy atom. The molecule has 0 radical (unpaired) electrons. The molecule has 0 aliphatic heterocycles. The number of alkyl halides is 7. The Kier molecular flexibility index (Phi) is 4.89. The van der Waals surface area contributed by atoms with Gasteiger partial charge in [-0.05, 0) is 17.9 Å². The van der Waals surface area contributed by atoms with Gasteiger partial charge in [-0.15, -0.1) is 58.0 Å². The van der Waals surface area contributed by atoms with Gasteiger partial charge in [0.2, 0.25) is 0 Å². The van der Waals surface area contributed by atoms with E-state index in [2.05, 4.69) is 0 Å². The highest BCUT2D eigenvalue weighted by Crippen LogP contribution is 2.72. The third kappa shape index (κ3) is 1.94. The van der Waals surface area contributed by atoms with Gasteiger partial charge in [-0.25, -0.2) is 0 Å². The van der Waals surface area contributed by atoms with E-state index < -0.39 is 24.8 Å². The van der Waals surface area contributed by atoms with E-state index in [9.17, 15) is 0 Å². The minimum atomic E-state index is -1.11. The molecule has 2 aliphatic carbocycles. The lowest BCUT2D eigenvalue weighted by Crippen LogP contribution is -2.51. The number of fused-ring (bicyclic) bond motifs is 2. The predicted molar refractivity (Wildman–Crippen MR) is 83.0 cm³/mol. The summed E-state index contributed by atoms with van der Waals surface area (Å²) in [4.78, 5) is -1.69. The molecule has 2 fully saturated rings. The second kappa shape index (κ2) is 5.36. The normalized spacial score (nSPS) is 39.2. The molecular weight excluding hydrogens is 404 g/mol. The summed E-state index contributed by atoms with van der Waals surface area (Å²) < 4.78 is -1.11. The molecule has 2 saturated carbocycles. The molecule has 18 heavy (non-hydrogen) atoms. The Labute approximate surface area is 146 Å². The quantitative estimate of drug-likeness (QED) is 0.479. The van der Waals surface area contributed by atoms with Crippen molar-refractivity contribution in [2.75, 3.05) is 0 Å². The molecule has 0 aromatic rings. The summed E-state index contributed by atoms with van der Waals surface area (Å²) in [7, 11) is 0. The molecule has 0 aromatic heterocycles. The molecule has 0 N–H and O–H groups in total. The third-order valence-corrected chi connectivity index (χ3v) is 7.55. The zero-order chi connectivity index (χ0) is 13.9. The summed E-state index contributed by atoms with van der Waals surface area (Å²) in [5, 5.41) is -0.536. The van der Waals surface area contributed by atoms with Crippen LogP contribution in [0.15, 0.2) is 11.1 Å². The lowest BCUT2D eigenvalue weighted by Gasteiger charge is -2.47. The smallest absolute Gasteiger partial charge is 0.119 e. The van der Waals surface area contributed by atoms with E-state index in [0.29, 0.717) is 12.0 Å². The molecule has 1 unspecified atom stereocenters. The monoisotopic (exact) mass is 408 g/mol. The van der Waals surface area contributed by atoms with E-state index in [-0.39, 0.29) is 11.8 Å². The van der Waals surface area contributed by atoms with E-state index in [1.807, 2.05) is 0 Å². The van der Waals surface area contributed by atoms with Crippen LogP contribution in [0, 0.1) is 17.3 Å². The average molecular weight is 412 g/mol. The first-order chi connectivity index (χ1) is 8.22. The summed E-state index contributed by atoms with van der Waals surface area (Å²) in [6.07, 6.45) is 0.617. The standard InChI is InChI=1S/C10H8Cl8/c11-2-5-3-1-4(6(12)10(3,17)18)9(5,7(13)14)8(15)16/h2-4,6-8H,1H2/b5-2+/t3?,4-,6+/m0/s1. The minimum Gasteiger partial charge on any atom is -0.119 e. The Balaban J connectivity index is 2.58. The summed E-state index contributed by atoms with van der Waals surface area (Å²) in [6, 6.07) is 0. The van der Waals surface area contributed by atoms with E-state index >= 15 is 0 Å².